The number of anilines is 3. The normalized spacial score (nSPS) is 20.7. The van der Waals surface area contributed by atoms with Gasteiger partial charge in [0.05, 0.1) is 22.8 Å². The summed E-state index contributed by atoms with van der Waals surface area (Å²) >= 11 is 0. The predicted molar refractivity (Wildman–Crippen MR) is 145 cm³/mol. The fourth-order valence-electron chi connectivity index (χ4n) is 5.24. The molecule has 38 heavy (non-hydrogen) atoms. The van der Waals surface area contributed by atoms with Crippen LogP contribution in [0.1, 0.15) is 57.6 Å². The first-order valence-electron chi connectivity index (χ1n) is 13.2. The van der Waals surface area contributed by atoms with E-state index in [4.69, 9.17) is 9.97 Å². The van der Waals surface area contributed by atoms with Crippen molar-refractivity contribution in [2.75, 3.05) is 22.1 Å². The van der Waals surface area contributed by atoms with E-state index >= 15 is 0 Å². The fraction of sp³-hybridized carbons (Fsp3) is 0.500. The summed E-state index contributed by atoms with van der Waals surface area (Å²) in [6.07, 6.45) is 10.9. The summed E-state index contributed by atoms with van der Waals surface area (Å²) in [5.41, 5.74) is 1.83. The number of aromatic nitrogens is 5. The molecule has 0 spiro atoms. The SMILES string of the molecule is CC1CCCCN1c1cc(C2(S(=O)(=O)C3CC3)CC2)nc(-c2ccc(NC(=O)Nc3cnn(C)c3)nc2)n1. The van der Waals surface area contributed by atoms with E-state index in [0.717, 1.165) is 38.0 Å². The zero-order valence-electron chi connectivity index (χ0n) is 21.6. The molecule has 3 fully saturated rings. The lowest BCUT2D eigenvalue weighted by Gasteiger charge is -2.35. The van der Waals surface area contributed by atoms with Gasteiger partial charge in [0.1, 0.15) is 16.4 Å². The van der Waals surface area contributed by atoms with Gasteiger partial charge in [0, 0.05) is 43.7 Å². The van der Waals surface area contributed by atoms with Crippen molar-refractivity contribution in [3.63, 3.8) is 0 Å². The number of pyridine rings is 1. The van der Waals surface area contributed by atoms with Gasteiger partial charge >= 0.3 is 6.03 Å². The fourth-order valence-corrected chi connectivity index (χ4v) is 7.71. The number of hydrogen-bond acceptors (Lipinski definition) is 8. The van der Waals surface area contributed by atoms with Gasteiger partial charge in [0.15, 0.2) is 15.7 Å². The van der Waals surface area contributed by atoms with E-state index in [-0.39, 0.29) is 5.25 Å². The van der Waals surface area contributed by atoms with Crippen molar-refractivity contribution in [2.45, 2.75) is 67.9 Å². The highest BCUT2D eigenvalue weighted by Crippen LogP contribution is 2.57. The highest BCUT2D eigenvalue weighted by molar-refractivity contribution is 7.93. The van der Waals surface area contributed by atoms with E-state index in [1.807, 2.05) is 6.07 Å². The standard InChI is InChI=1S/C26H32N8O3S/c1-17-5-3-4-12-34(17)23-13-21(26(10-11-26)38(36,37)20-7-8-20)30-24(32-23)18-6-9-22(27-14-18)31-25(35)29-19-15-28-33(2)16-19/h6,9,13-17,20H,3-5,7-8,10-12H2,1-2H3,(H2,27,29,31,35). The molecule has 12 heteroatoms. The van der Waals surface area contributed by atoms with Crippen LogP contribution in [0.4, 0.5) is 22.1 Å². The molecule has 3 aliphatic rings. The molecule has 3 aromatic rings. The van der Waals surface area contributed by atoms with Crippen LogP contribution in [0.5, 0.6) is 0 Å². The van der Waals surface area contributed by atoms with Crippen molar-refractivity contribution in [3.05, 3.63) is 42.5 Å². The summed E-state index contributed by atoms with van der Waals surface area (Å²) in [6.45, 7) is 3.07. The van der Waals surface area contributed by atoms with Crippen LogP contribution in [0.3, 0.4) is 0 Å². The number of amides is 2. The van der Waals surface area contributed by atoms with Crippen LogP contribution in [0.25, 0.3) is 11.4 Å². The molecule has 0 aromatic carbocycles. The molecule has 1 saturated heterocycles. The summed E-state index contributed by atoms with van der Waals surface area (Å²) in [6, 6.07) is 5.27. The predicted octanol–water partition coefficient (Wildman–Crippen LogP) is 3.86. The number of urea groups is 1. The van der Waals surface area contributed by atoms with Gasteiger partial charge in [0.2, 0.25) is 0 Å². The van der Waals surface area contributed by atoms with Crippen molar-refractivity contribution in [1.29, 1.82) is 0 Å². The first-order chi connectivity index (χ1) is 18.2. The molecule has 1 aliphatic heterocycles. The van der Waals surface area contributed by atoms with Crippen molar-refractivity contribution >= 4 is 33.2 Å². The Kier molecular flexibility index (Phi) is 6.09. The third-order valence-corrected chi connectivity index (χ3v) is 10.8. The number of carbonyl (C=O) groups excluding carboxylic acids is 1. The van der Waals surface area contributed by atoms with Gasteiger partial charge in [-0.05, 0) is 64.0 Å². The molecular formula is C26H32N8O3S. The summed E-state index contributed by atoms with van der Waals surface area (Å²) in [4.78, 5) is 28.7. The molecule has 1 atom stereocenters. The van der Waals surface area contributed by atoms with Gasteiger partial charge in [-0.2, -0.15) is 5.10 Å². The molecule has 0 radical (unpaired) electrons. The molecule has 2 saturated carbocycles. The van der Waals surface area contributed by atoms with E-state index in [1.54, 1.807) is 42.5 Å². The van der Waals surface area contributed by atoms with E-state index in [0.29, 0.717) is 47.5 Å². The van der Waals surface area contributed by atoms with Crippen LogP contribution in [0.15, 0.2) is 36.8 Å². The number of hydrogen-bond donors (Lipinski definition) is 2. The Balaban J connectivity index is 1.30. The van der Waals surface area contributed by atoms with Crippen molar-refractivity contribution in [1.82, 2.24) is 24.7 Å². The van der Waals surface area contributed by atoms with Crippen LogP contribution in [0, 0.1) is 0 Å². The van der Waals surface area contributed by atoms with Crippen LogP contribution in [0.2, 0.25) is 0 Å². The van der Waals surface area contributed by atoms with Gasteiger partial charge < -0.3 is 10.2 Å². The minimum atomic E-state index is -3.30. The summed E-state index contributed by atoms with van der Waals surface area (Å²) in [5.74, 6) is 1.59. The van der Waals surface area contributed by atoms with Crippen LogP contribution < -0.4 is 15.5 Å². The Bertz CT molecular complexity index is 1460. The molecule has 2 N–H and O–H groups in total. The second-order valence-electron chi connectivity index (χ2n) is 10.6. The summed E-state index contributed by atoms with van der Waals surface area (Å²) in [7, 11) is -1.53. The van der Waals surface area contributed by atoms with Crippen molar-refractivity contribution in [2.24, 2.45) is 7.05 Å². The molecule has 0 bridgehead atoms. The second-order valence-corrected chi connectivity index (χ2v) is 13.2. The maximum atomic E-state index is 13.4. The summed E-state index contributed by atoms with van der Waals surface area (Å²) < 4.78 is 27.5. The molecule has 11 nitrogen and oxygen atoms in total. The monoisotopic (exact) mass is 536 g/mol. The first-order valence-corrected chi connectivity index (χ1v) is 14.7. The second kappa shape index (κ2) is 9.33. The van der Waals surface area contributed by atoms with Gasteiger partial charge in [-0.15, -0.1) is 0 Å². The van der Waals surface area contributed by atoms with E-state index < -0.39 is 20.6 Å². The zero-order chi connectivity index (χ0) is 26.5. The lowest BCUT2D eigenvalue weighted by atomic mass is 10.0. The van der Waals surface area contributed by atoms with E-state index in [2.05, 4.69) is 32.5 Å². The van der Waals surface area contributed by atoms with Crippen LogP contribution >= 0.6 is 0 Å². The number of sulfone groups is 1. The topological polar surface area (TPSA) is 135 Å². The molecule has 2 aliphatic carbocycles. The van der Waals surface area contributed by atoms with Crippen LogP contribution in [-0.2, 0) is 21.6 Å². The maximum absolute atomic E-state index is 13.4. The molecule has 200 valence electrons. The first kappa shape index (κ1) is 24.8. The molecule has 3 aromatic heterocycles. The Labute approximate surface area is 222 Å². The summed E-state index contributed by atoms with van der Waals surface area (Å²) in [5, 5.41) is 9.19. The Morgan fingerprint density at radius 3 is 2.53 bits per heavy atom. The number of carbonyl (C=O) groups is 1. The van der Waals surface area contributed by atoms with Gasteiger partial charge in [-0.1, -0.05) is 0 Å². The minimum Gasteiger partial charge on any atom is -0.354 e. The third-order valence-electron chi connectivity index (χ3n) is 7.71. The highest BCUT2D eigenvalue weighted by atomic mass is 32.2. The minimum absolute atomic E-state index is 0.245. The van der Waals surface area contributed by atoms with Crippen LogP contribution in [-0.4, -0.2) is 57.0 Å². The molecule has 4 heterocycles. The molecular weight excluding hydrogens is 504 g/mol. The lowest BCUT2D eigenvalue weighted by molar-refractivity contribution is 0.262. The smallest absolute Gasteiger partial charge is 0.324 e. The van der Waals surface area contributed by atoms with Gasteiger partial charge in [-0.3, -0.25) is 10.00 Å². The number of piperidine rings is 1. The van der Waals surface area contributed by atoms with Crippen molar-refractivity contribution < 1.29 is 13.2 Å². The van der Waals surface area contributed by atoms with E-state index in [1.165, 1.54) is 6.42 Å². The molecule has 2 amide bonds. The molecule has 1 unspecified atom stereocenters. The Morgan fingerprint density at radius 2 is 1.89 bits per heavy atom. The maximum Gasteiger partial charge on any atom is 0.324 e. The van der Waals surface area contributed by atoms with Gasteiger partial charge in [0.25, 0.3) is 0 Å². The highest BCUT2D eigenvalue weighted by Gasteiger charge is 2.61. The van der Waals surface area contributed by atoms with Crippen molar-refractivity contribution in [3.8, 4) is 11.4 Å². The molecule has 6 rings (SSSR count). The van der Waals surface area contributed by atoms with E-state index in [9.17, 15) is 13.2 Å². The number of nitrogens with one attached hydrogen (secondary N) is 2. The Hall–Kier alpha value is -3.54. The lowest BCUT2D eigenvalue weighted by Crippen LogP contribution is -2.38. The number of aryl methyl sites for hydroxylation is 1. The Morgan fingerprint density at radius 1 is 1.08 bits per heavy atom. The third kappa shape index (κ3) is 4.61. The quantitative estimate of drug-likeness (QED) is 0.465. The van der Waals surface area contributed by atoms with Gasteiger partial charge in [-0.25, -0.2) is 28.2 Å². The average Bonchev–Trinajstić information content (AvgIpc) is 3.82. The number of nitrogens with zero attached hydrogens (tertiary/aromatic N) is 6. The number of rotatable bonds is 7. The average molecular weight is 537 g/mol. The zero-order valence-corrected chi connectivity index (χ0v) is 22.4. The largest absolute Gasteiger partial charge is 0.354 e.